The van der Waals surface area contributed by atoms with Gasteiger partial charge in [-0.2, -0.15) is 0 Å². The molecule has 6 nitrogen and oxygen atoms in total. The number of carbonyl (C=O) groups is 1. The molecule has 1 amide bonds. The van der Waals surface area contributed by atoms with Gasteiger partial charge in [0, 0.05) is 26.2 Å². The Balaban J connectivity index is 1.83. The highest BCUT2D eigenvalue weighted by Crippen LogP contribution is 2.39. The maximum absolute atomic E-state index is 12.5. The van der Waals surface area contributed by atoms with Gasteiger partial charge < -0.3 is 19.3 Å². The second-order valence-corrected chi connectivity index (χ2v) is 8.62. The molecule has 1 saturated heterocycles. The summed E-state index contributed by atoms with van der Waals surface area (Å²) in [6.45, 7) is 11.0. The maximum Gasteiger partial charge on any atom is 0.410 e. The number of anilines is 1. The average Bonchev–Trinajstić information content (AvgIpc) is 2.89. The molecule has 7 heteroatoms. The SMILES string of the molecule is CO[C@@H](C)c1nc2c(cc1Cl)C[C@@H]1CN(C(=O)OC(C)(C)C)C[C@@H](C)N21. The second kappa shape index (κ2) is 6.89. The summed E-state index contributed by atoms with van der Waals surface area (Å²) in [5.74, 6) is 0.967. The highest BCUT2D eigenvalue weighted by atomic mass is 35.5. The van der Waals surface area contributed by atoms with Crippen molar-refractivity contribution in [2.45, 2.75) is 64.8 Å². The summed E-state index contributed by atoms with van der Waals surface area (Å²) in [5.41, 5.74) is 1.40. The Morgan fingerprint density at radius 3 is 2.69 bits per heavy atom. The number of halogens is 1. The zero-order valence-electron chi connectivity index (χ0n) is 16.4. The first-order valence-electron chi connectivity index (χ1n) is 9.09. The molecule has 3 heterocycles. The van der Waals surface area contributed by atoms with Gasteiger partial charge in [-0.15, -0.1) is 0 Å². The number of pyridine rings is 1. The number of nitrogens with zero attached hydrogens (tertiary/aromatic N) is 3. The Hall–Kier alpha value is -1.53. The number of hydrogen-bond acceptors (Lipinski definition) is 5. The average molecular weight is 382 g/mol. The molecule has 3 rings (SSSR count). The molecule has 0 bridgehead atoms. The van der Waals surface area contributed by atoms with Gasteiger partial charge in [0.25, 0.3) is 0 Å². The lowest BCUT2D eigenvalue weighted by Gasteiger charge is -2.43. The first-order chi connectivity index (χ1) is 12.1. The van der Waals surface area contributed by atoms with E-state index in [1.165, 1.54) is 0 Å². The molecule has 0 aromatic carbocycles. The van der Waals surface area contributed by atoms with Gasteiger partial charge in [-0.3, -0.25) is 0 Å². The largest absolute Gasteiger partial charge is 0.444 e. The first-order valence-corrected chi connectivity index (χ1v) is 9.47. The molecule has 0 N–H and O–H groups in total. The Bertz CT molecular complexity index is 704. The highest BCUT2D eigenvalue weighted by Gasteiger charge is 2.42. The molecule has 0 unspecified atom stereocenters. The molecule has 0 spiro atoms. The number of piperazine rings is 1. The van der Waals surface area contributed by atoms with E-state index in [0.717, 1.165) is 23.5 Å². The van der Waals surface area contributed by atoms with Gasteiger partial charge in [0.15, 0.2) is 0 Å². The van der Waals surface area contributed by atoms with Crippen LogP contribution in [-0.4, -0.2) is 53.9 Å². The van der Waals surface area contributed by atoms with Crippen molar-refractivity contribution >= 4 is 23.5 Å². The third-order valence-corrected chi connectivity index (χ3v) is 5.24. The molecule has 2 aliphatic rings. The quantitative estimate of drug-likeness (QED) is 0.779. The van der Waals surface area contributed by atoms with Crippen LogP contribution in [0.1, 0.15) is 52.0 Å². The minimum Gasteiger partial charge on any atom is -0.444 e. The van der Waals surface area contributed by atoms with Crippen molar-refractivity contribution < 1.29 is 14.3 Å². The van der Waals surface area contributed by atoms with Gasteiger partial charge in [-0.05, 0) is 52.7 Å². The Kier molecular flexibility index (Phi) is 5.10. The van der Waals surface area contributed by atoms with Gasteiger partial charge in [-0.1, -0.05) is 11.6 Å². The van der Waals surface area contributed by atoms with Crippen LogP contribution in [-0.2, 0) is 15.9 Å². The molecule has 0 radical (unpaired) electrons. The molecule has 144 valence electrons. The minimum absolute atomic E-state index is 0.155. The Morgan fingerprint density at radius 2 is 2.08 bits per heavy atom. The number of rotatable bonds is 2. The van der Waals surface area contributed by atoms with Crippen molar-refractivity contribution in [2.24, 2.45) is 0 Å². The fourth-order valence-electron chi connectivity index (χ4n) is 3.76. The molecule has 1 fully saturated rings. The van der Waals surface area contributed by atoms with Crippen LogP contribution in [0.4, 0.5) is 10.6 Å². The van der Waals surface area contributed by atoms with Crippen molar-refractivity contribution in [2.75, 3.05) is 25.1 Å². The van der Waals surface area contributed by atoms with Gasteiger partial charge >= 0.3 is 6.09 Å². The lowest BCUT2D eigenvalue weighted by Crippen LogP contribution is -2.58. The van der Waals surface area contributed by atoms with Crippen molar-refractivity contribution in [3.8, 4) is 0 Å². The molecule has 1 aromatic heterocycles. The molecule has 1 aromatic rings. The predicted molar refractivity (Wildman–Crippen MR) is 102 cm³/mol. The number of amides is 1. The molecule has 2 aliphatic heterocycles. The smallest absolute Gasteiger partial charge is 0.410 e. The van der Waals surface area contributed by atoms with E-state index in [1.54, 1.807) is 7.11 Å². The monoisotopic (exact) mass is 381 g/mol. The summed E-state index contributed by atoms with van der Waals surface area (Å²) in [6, 6.07) is 2.34. The predicted octanol–water partition coefficient (Wildman–Crippen LogP) is 3.81. The van der Waals surface area contributed by atoms with E-state index >= 15 is 0 Å². The number of ether oxygens (including phenoxy) is 2. The Morgan fingerprint density at radius 1 is 1.38 bits per heavy atom. The molecule has 26 heavy (non-hydrogen) atoms. The number of hydrogen-bond donors (Lipinski definition) is 0. The number of carbonyl (C=O) groups excluding carboxylic acids is 1. The number of fused-ring (bicyclic) bond motifs is 3. The van der Waals surface area contributed by atoms with Crippen LogP contribution in [0.15, 0.2) is 6.07 Å². The van der Waals surface area contributed by atoms with Crippen molar-refractivity contribution in [3.63, 3.8) is 0 Å². The second-order valence-electron chi connectivity index (χ2n) is 8.22. The molecule has 0 aliphatic carbocycles. The fraction of sp³-hybridized carbons (Fsp3) is 0.684. The van der Waals surface area contributed by atoms with E-state index in [2.05, 4.69) is 11.8 Å². The number of aromatic nitrogens is 1. The van der Waals surface area contributed by atoms with Crippen LogP contribution in [0.5, 0.6) is 0 Å². The summed E-state index contributed by atoms with van der Waals surface area (Å²) in [6.07, 6.45) is 0.415. The minimum atomic E-state index is -0.490. The molecule has 3 atom stereocenters. The van der Waals surface area contributed by atoms with Crippen LogP contribution < -0.4 is 4.90 Å². The van der Waals surface area contributed by atoms with Gasteiger partial charge in [0.2, 0.25) is 0 Å². The standard InChI is InChI=1S/C19H28ClN3O3/c1-11-9-22(18(24)26-19(3,4)5)10-14-7-13-8-15(20)16(12(2)25-6)21-17(13)23(11)14/h8,11-12,14H,7,9-10H2,1-6H3/t11-,12+,14-/m1/s1. The van der Waals surface area contributed by atoms with E-state index in [1.807, 2.05) is 38.7 Å². The van der Waals surface area contributed by atoms with E-state index < -0.39 is 5.60 Å². The normalized spacial score (nSPS) is 23.5. The lowest BCUT2D eigenvalue weighted by atomic mass is 10.1. The maximum atomic E-state index is 12.5. The Labute approximate surface area is 160 Å². The van der Waals surface area contributed by atoms with E-state index in [-0.39, 0.29) is 24.3 Å². The highest BCUT2D eigenvalue weighted by molar-refractivity contribution is 6.31. The van der Waals surface area contributed by atoms with E-state index in [0.29, 0.717) is 18.1 Å². The van der Waals surface area contributed by atoms with Crippen LogP contribution >= 0.6 is 11.6 Å². The van der Waals surface area contributed by atoms with Crippen LogP contribution in [0, 0.1) is 0 Å². The van der Waals surface area contributed by atoms with Crippen LogP contribution in [0.25, 0.3) is 0 Å². The van der Waals surface area contributed by atoms with Crippen molar-refractivity contribution in [3.05, 3.63) is 22.3 Å². The first kappa shape index (κ1) is 19.2. The van der Waals surface area contributed by atoms with Gasteiger partial charge in [0.1, 0.15) is 11.4 Å². The van der Waals surface area contributed by atoms with Crippen molar-refractivity contribution in [1.29, 1.82) is 0 Å². The third-order valence-electron chi connectivity index (χ3n) is 4.93. The molecular formula is C19H28ClN3O3. The summed E-state index contributed by atoms with van der Waals surface area (Å²) in [7, 11) is 1.65. The van der Waals surface area contributed by atoms with Gasteiger partial charge in [-0.25, -0.2) is 9.78 Å². The van der Waals surface area contributed by atoms with E-state index in [4.69, 9.17) is 26.1 Å². The van der Waals surface area contributed by atoms with Crippen molar-refractivity contribution in [1.82, 2.24) is 9.88 Å². The zero-order valence-corrected chi connectivity index (χ0v) is 17.1. The summed E-state index contributed by atoms with van der Waals surface area (Å²) < 4.78 is 11.0. The van der Waals surface area contributed by atoms with Gasteiger partial charge in [0.05, 0.1) is 22.9 Å². The summed E-state index contributed by atoms with van der Waals surface area (Å²) in [4.78, 5) is 21.4. The summed E-state index contributed by atoms with van der Waals surface area (Å²) in [5, 5.41) is 0.634. The molecule has 0 saturated carbocycles. The van der Waals surface area contributed by atoms with E-state index in [9.17, 15) is 4.79 Å². The molecular weight excluding hydrogens is 354 g/mol. The van der Waals surface area contributed by atoms with Crippen LogP contribution in [0.2, 0.25) is 5.02 Å². The fourth-order valence-corrected chi connectivity index (χ4v) is 4.09. The zero-order chi connectivity index (χ0) is 19.2. The lowest BCUT2D eigenvalue weighted by molar-refractivity contribution is 0.0191. The third kappa shape index (κ3) is 3.62. The topological polar surface area (TPSA) is 54.9 Å². The number of methoxy groups -OCH3 is 1. The van der Waals surface area contributed by atoms with Crippen LogP contribution in [0.3, 0.4) is 0 Å². The summed E-state index contributed by atoms with van der Waals surface area (Å²) >= 11 is 6.42.